The van der Waals surface area contributed by atoms with Gasteiger partial charge in [-0.25, -0.2) is 0 Å². The molecule has 1 saturated heterocycles. The van der Waals surface area contributed by atoms with Crippen LogP contribution in [0.1, 0.15) is 131 Å². The molecule has 3 N–H and O–H groups in total. The lowest BCUT2D eigenvalue weighted by Gasteiger charge is -2.41. The van der Waals surface area contributed by atoms with E-state index in [1.807, 2.05) is 77.4 Å². The molecular formula is C50H82N4O11. The van der Waals surface area contributed by atoms with Crippen molar-refractivity contribution in [1.82, 2.24) is 20.2 Å². The van der Waals surface area contributed by atoms with Crippen molar-refractivity contribution in [2.75, 3.05) is 41.4 Å². The normalized spacial score (nSPS) is 17.8. The number of carboxylic acids is 1. The summed E-state index contributed by atoms with van der Waals surface area (Å²) in [5, 5.41) is 18.7. The maximum Gasteiger partial charge on any atom is 0.307 e. The van der Waals surface area contributed by atoms with Crippen molar-refractivity contribution < 1.29 is 53.3 Å². The van der Waals surface area contributed by atoms with Crippen molar-refractivity contribution >= 4 is 41.0 Å². The summed E-state index contributed by atoms with van der Waals surface area (Å²) < 4.78 is 12.0. The molecule has 15 nitrogen and oxygen atoms in total. The average molecular weight is 915 g/mol. The number of likely N-dealkylation sites (N-methyl/N-ethyl adjacent to an activating group) is 2. The van der Waals surface area contributed by atoms with Crippen LogP contribution in [0, 0.1) is 35.5 Å². The number of hydroxylamine groups is 1. The number of carbonyl (C=O) groups excluding carboxylic acids is 6. The zero-order valence-electron chi connectivity index (χ0n) is 41.3. The maximum absolute atomic E-state index is 14.6. The Labute approximate surface area is 388 Å². The van der Waals surface area contributed by atoms with Gasteiger partial charge < -0.3 is 34.5 Å². The highest BCUT2D eigenvalue weighted by atomic mass is 16.5. The Morgan fingerprint density at radius 2 is 1.45 bits per heavy atom. The quantitative estimate of drug-likeness (QED) is 0.0531. The van der Waals surface area contributed by atoms with E-state index >= 15 is 0 Å². The Bertz CT molecular complexity index is 1670. The van der Waals surface area contributed by atoms with E-state index in [1.165, 1.54) is 19.1 Å². The molecule has 0 radical (unpaired) electrons. The fourth-order valence-electron chi connectivity index (χ4n) is 9.62. The number of carbonyl (C=O) groups is 7. The van der Waals surface area contributed by atoms with E-state index < -0.39 is 54.1 Å². The topological polar surface area (TPSA) is 200 Å². The molecular weight excluding hydrogens is 833 g/mol. The summed E-state index contributed by atoms with van der Waals surface area (Å²) in [6.45, 7) is 13.7. The molecule has 1 aromatic carbocycles. The van der Waals surface area contributed by atoms with E-state index in [9.17, 15) is 38.7 Å². The van der Waals surface area contributed by atoms with Gasteiger partial charge in [0.05, 0.1) is 49.2 Å². The van der Waals surface area contributed by atoms with Crippen LogP contribution in [0.2, 0.25) is 0 Å². The Morgan fingerprint density at radius 3 is 1.98 bits per heavy atom. The number of hydrogen-bond acceptors (Lipinski definition) is 11. The molecule has 1 unspecified atom stereocenters. The first-order valence-electron chi connectivity index (χ1n) is 23.8. The number of nitrogens with one attached hydrogen (secondary N) is 1. The molecule has 65 heavy (non-hydrogen) atoms. The Kier molecular flexibility index (Phi) is 25.4. The zero-order valence-corrected chi connectivity index (χ0v) is 41.3. The van der Waals surface area contributed by atoms with Crippen LogP contribution in [0.3, 0.4) is 0 Å². The Balaban J connectivity index is 2.21. The van der Waals surface area contributed by atoms with Crippen molar-refractivity contribution in [2.24, 2.45) is 35.5 Å². The molecule has 3 amide bonds. The number of amides is 3. The summed E-state index contributed by atoms with van der Waals surface area (Å²) in [6.07, 6.45) is 4.00. The van der Waals surface area contributed by atoms with Gasteiger partial charge in [0.1, 0.15) is 11.6 Å². The SMILES string of the molecule is CC[C@H](C)C([C@@H](CC(=O)N1CCC[C@H]1[C@H](OC)[C@@H](C)C(=O)C[C@H](Cc1ccccc1)C(=O)O)OC)N(C)C(=O)[C@@H](CC(=O)[C@H](C(C)C)N(C)C(=O)CCCCCCC(=O)CNO)C(C)C. The summed E-state index contributed by atoms with van der Waals surface area (Å²) >= 11 is 0. The van der Waals surface area contributed by atoms with Gasteiger partial charge in [-0.05, 0) is 55.4 Å². The smallest absolute Gasteiger partial charge is 0.307 e. The fraction of sp³-hybridized carbons (Fsp3) is 0.740. The third-order valence-electron chi connectivity index (χ3n) is 13.7. The molecule has 0 spiro atoms. The zero-order chi connectivity index (χ0) is 49.0. The van der Waals surface area contributed by atoms with Gasteiger partial charge in [-0.2, -0.15) is 5.48 Å². The van der Waals surface area contributed by atoms with Gasteiger partial charge in [-0.1, -0.05) is 98.1 Å². The summed E-state index contributed by atoms with van der Waals surface area (Å²) in [5.41, 5.74) is 2.70. The molecule has 1 aliphatic heterocycles. The van der Waals surface area contributed by atoms with E-state index in [1.54, 1.807) is 30.8 Å². The second-order valence-electron chi connectivity index (χ2n) is 19.0. The van der Waals surface area contributed by atoms with Gasteiger partial charge in [0, 0.05) is 72.4 Å². The molecule has 0 aliphatic carbocycles. The number of hydrogen-bond donors (Lipinski definition) is 3. The molecule has 1 fully saturated rings. The predicted molar refractivity (Wildman–Crippen MR) is 249 cm³/mol. The van der Waals surface area contributed by atoms with E-state index in [2.05, 4.69) is 0 Å². The van der Waals surface area contributed by atoms with Crippen LogP contribution in [0.4, 0.5) is 0 Å². The van der Waals surface area contributed by atoms with Gasteiger partial charge in [0.2, 0.25) is 17.7 Å². The lowest BCUT2D eigenvalue weighted by molar-refractivity contribution is -0.150. The summed E-state index contributed by atoms with van der Waals surface area (Å²) in [4.78, 5) is 98.9. The summed E-state index contributed by atoms with van der Waals surface area (Å²) in [6, 6.07) is 7.54. The summed E-state index contributed by atoms with van der Waals surface area (Å²) in [7, 11) is 6.39. The van der Waals surface area contributed by atoms with Gasteiger partial charge in [-0.3, -0.25) is 33.6 Å². The van der Waals surface area contributed by atoms with Crippen LogP contribution < -0.4 is 5.48 Å². The van der Waals surface area contributed by atoms with Crippen LogP contribution in [0.15, 0.2) is 30.3 Å². The van der Waals surface area contributed by atoms with E-state index in [0.29, 0.717) is 45.1 Å². The first-order chi connectivity index (χ1) is 30.7. The van der Waals surface area contributed by atoms with Gasteiger partial charge in [0.25, 0.3) is 0 Å². The van der Waals surface area contributed by atoms with Crippen LogP contribution in [0.5, 0.6) is 0 Å². The monoisotopic (exact) mass is 915 g/mol. The number of likely N-dealkylation sites (tertiary alicyclic amines) is 1. The number of ketones is 3. The number of rotatable bonds is 32. The fourth-order valence-corrected chi connectivity index (χ4v) is 9.62. The second kappa shape index (κ2) is 28.9. The van der Waals surface area contributed by atoms with Crippen molar-refractivity contribution in [1.29, 1.82) is 0 Å². The highest BCUT2D eigenvalue weighted by molar-refractivity contribution is 5.93. The van der Waals surface area contributed by atoms with Gasteiger partial charge >= 0.3 is 5.97 Å². The predicted octanol–water partition coefficient (Wildman–Crippen LogP) is 6.41. The van der Waals surface area contributed by atoms with Crippen molar-refractivity contribution in [2.45, 2.75) is 162 Å². The molecule has 15 heteroatoms. The van der Waals surface area contributed by atoms with Gasteiger partial charge in [-0.15, -0.1) is 0 Å². The van der Waals surface area contributed by atoms with Crippen molar-refractivity contribution in [3.05, 3.63) is 35.9 Å². The maximum atomic E-state index is 14.6. The number of aliphatic carboxylic acids is 1. The standard InChI is InChI=1S/C50H82N4O11/c1-12-34(6)47(53(9)49(60)39(32(2)3)29-42(57)46(33(4)5)52(8)44(58)25-19-14-13-18-23-38(55)31-51-63)43(64-10)30-45(59)54-26-20-24-40(54)48(65-11)35(7)41(56)28-37(50(61)62)27-36-21-16-15-17-22-36/h15-17,21-22,32-35,37,39-40,43,46-48,51,63H,12-14,18-20,23-31H2,1-11H3,(H,61,62)/t34-,35-,37-,39-,40-,43+,46-,47?,48+/m0/s1. The molecule has 0 aromatic heterocycles. The van der Waals surface area contributed by atoms with Gasteiger partial charge in [0.15, 0.2) is 5.78 Å². The van der Waals surface area contributed by atoms with Crippen LogP contribution in [-0.4, -0.2) is 138 Å². The van der Waals surface area contributed by atoms with E-state index in [-0.39, 0.29) is 91.5 Å². The molecule has 9 atom stereocenters. The lowest BCUT2D eigenvalue weighted by atomic mass is 9.83. The minimum Gasteiger partial charge on any atom is -0.481 e. The van der Waals surface area contributed by atoms with Crippen LogP contribution in [-0.2, 0) is 49.5 Å². The minimum atomic E-state index is -1.04. The molecule has 1 aromatic rings. The van der Waals surface area contributed by atoms with Crippen molar-refractivity contribution in [3.63, 3.8) is 0 Å². The molecule has 0 bridgehead atoms. The molecule has 1 aliphatic rings. The lowest BCUT2D eigenvalue weighted by Crippen LogP contribution is -2.54. The molecule has 0 saturated carbocycles. The number of unbranched alkanes of at least 4 members (excludes halogenated alkanes) is 3. The Morgan fingerprint density at radius 1 is 0.815 bits per heavy atom. The first-order valence-corrected chi connectivity index (χ1v) is 23.8. The number of carboxylic acid groups (broad SMARTS) is 1. The third kappa shape index (κ3) is 17.3. The number of nitrogens with zero attached hydrogens (tertiary/aromatic N) is 3. The third-order valence-corrected chi connectivity index (χ3v) is 13.7. The number of methoxy groups -OCH3 is 2. The summed E-state index contributed by atoms with van der Waals surface area (Å²) in [5.74, 6) is -4.93. The highest BCUT2D eigenvalue weighted by Crippen LogP contribution is 2.32. The molecule has 2 rings (SSSR count). The largest absolute Gasteiger partial charge is 0.481 e. The average Bonchev–Trinajstić information content (AvgIpc) is 3.75. The van der Waals surface area contributed by atoms with E-state index in [0.717, 1.165) is 18.4 Å². The van der Waals surface area contributed by atoms with Crippen molar-refractivity contribution in [3.8, 4) is 0 Å². The number of benzene rings is 1. The minimum absolute atomic E-state index is 0.0382. The molecule has 1 heterocycles. The van der Waals surface area contributed by atoms with E-state index in [4.69, 9.17) is 14.7 Å². The first kappa shape index (κ1) is 57.1. The number of Topliss-reactive ketones (excluding diaryl/α,β-unsaturated/α-hetero) is 3. The van der Waals surface area contributed by atoms with Crippen LogP contribution in [0.25, 0.3) is 0 Å². The number of ether oxygens (including phenoxy) is 2. The second-order valence-corrected chi connectivity index (χ2v) is 19.0. The van der Waals surface area contributed by atoms with Crippen LogP contribution >= 0.6 is 0 Å². The highest BCUT2D eigenvalue weighted by Gasteiger charge is 2.44. The Hall–Kier alpha value is -4.05. The molecule has 368 valence electrons.